The predicted octanol–water partition coefficient (Wildman–Crippen LogP) is 3.35. The molecule has 2 aromatic rings. The van der Waals surface area contributed by atoms with Crippen LogP contribution in [0.1, 0.15) is 17.3 Å². The predicted molar refractivity (Wildman–Crippen MR) is 74.5 cm³/mol. The molecule has 0 bridgehead atoms. The molecule has 0 aromatic heterocycles. The monoisotopic (exact) mass is 294 g/mol. The van der Waals surface area contributed by atoms with Crippen LogP contribution in [0.5, 0.6) is 0 Å². The van der Waals surface area contributed by atoms with Crippen molar-refractivity contribution in [2.75, 3.05) is 17.2 Å². The number of nitrogens with zero attached hydrogens (tertiary/aromatic N) is 1. The number of rotatable bonds is 3. The molecule has 0 saturated carbocycles. The Morgan fingerprint density at radius 2 is 1.62 bits per heavy atom. The van der Waals surface area contributed by atoms with Crippen molar-refractivity contribution >= 4 is 17.3 Å². The van der Waals surface area contributed by atoms with Gasteiger partial charge in [0.15, 0.2) is 0 Å². The fraction of sp³-hybridized carbons (Fsp3) is 0.133. The van der Waals surface area contributed by atoms with E-state index in [4.69, 9.17) is 5.73 Å². The highest BCUT2D eigenvalue weighted by atomic mass is 19.1. The van der Waals surface area contributed by atoms with E-state index in [1.807, 2.05) is 0 Å². The maximum absolute atomic E-state index is 13.4. The number of amides is 1. The first kappa shape index (κ1) is 14.9. The fourth-order valence-electron chi connectivity index (χ4n) is 1.93. The Morgan fingerprint density at radius 3 is 2.10 bits per heavy atom. The SMILES string of the molecule is CCN(C(=O)c1cc(F)c(N)c(F)c1)c1ccc(F)cc1. The molecule has 0 aliphatic carbocycles. The van der Waals surface area contributed by atoms with Gasteiger partial charge in [0.1, 0.15) is 23.1 Å². The molecule has 0 radical (unpaired) electrons. The minimum atomic E-state index is -0.992. The number of carbonyl (C=O) groups excluding carboxylic acids is 1. The average Bonchev–Trinajstić information content (AvgIpc) is 2.46. The van der Waals surface area contributed by atoms with Crippen LogP contribution in [-0.4, -0.2) is 12.5 Å². The van der Waals surface area contributed by atoms with Crippen molar-refractivity contribution in [1.82, 2.24) is 0 Å². The number of hydrogen-bond acceptors (Lipinski definition) is 2. The van der Waals surface area contributed by atoms with Gasteiger partial charge in [-0.2, -0.15) is 0 Å². The van der Waals surface area contributed by atoms with Crippen LogP contribution in [0.25, 0.3) is 0 Å². The van der Waals surface area contributed by atoms with Crippen molar-refractivity contribution in [2.24, 2.45) is 0 Å². The zero-order chi connectivity index (χ0) is 15.6. The molecule has 2 aromatic carbocycles. The van der Waals surface area contributed by atoms with Crippen LogP contribution in [0.15, 0.2) is 36.4 Å². The van der Waals surface area contributed by atoms with E-state index in [1.165, 1.54) is 29.2 Å². The molecule has 0 heterocycles. The molecular formula is C15H13F3N2O. The molecule has 0 fully saturated rings. The molecule has 0 atom stereocenters. The van der Waals surface area contributed by atoms with Gasteiger partial charge in [0.2, 0.25) is 0 Å². The van der Waals surface area contributed by atoms with E-state index in [9.17, 15) is 18.0 Å². The third-order valence-corrected chi connectivity index (χ3v) is 3.03. The number of anilines is 2. The molecule has 2 N–H and O–H groups in total. The lowest BCUT2D eigenvalue weighted by Gasteiger charge is -2.21. The molecule has 0 saturated heterocycles. The van der Waals surface area contributed by atoms with Gasteiger partial charge in [0.25, 0.3) is 5.91 Å². The molecular weight excluding hydrogens is 281 g/mol. The second-order valence-corrected chi connectivity index (χ2v) is 4.38. The summed E-state index contributed by atoms with van der Waals surface area (Å²) >= 11 is 0. The van der Waals surface area contributed by atoms with Crippen molar-refractivity contribution in [3.8, 4) is 0 Å². The molecule has 21 heavy (non-hydrogen) atoms. The third kappa shape index (κ3) is 2.99. The van der Waals surface area contributed by atoms with Crippen LogP contribution in [0.4, 0.5) is 24.5 Å². The van der Waals surface area contributed by atoms with Gasteiger partial charge in [0.05, 0.1) is 0 Å². The van der Waals surface area contributed by atoms with E-state index in [0.29, 0.717) is 5.69 Å². The summed E-state index contributed by atoms with van der Waals surface area (Å²) in [4.78, 5) is 13.6. The minimum Gasteiger partial charge on any atom is -0.394 e. The lowest BCUT2D eigenvalue weighted by Crippen LogP contribution is -2.30. The highest BCUT2D eigenvalue weighted by Gasteiger charge is 2.19. The topological polar surface area (TPSA) is 46.3 Å². The second kappa shape index (κ2) is 5.87. The molecule has 0 aliphatic heterocycles. The molecule has 0 aliphatic rings. The van der Waals surface area contributed by atoms with Crippen molar-refractivity contribution in [3.05, 3.63) is 59.4 Å². The van der Waals surface area contributed by atoms with E-state index in [0.717, 1.165) is 12.1 Å². The molecule has 0 unspecified atom stereocenters. The van der Waals surface area contributed by atoms with Gasteiger partial charge in [-0.25, -0.2) is 13.2 Å². The molecule has 3 nitrogen and oxygen atoms in total. The van der Waals surface area contributed by atoms with Crippen LogP contribution >= 0.6 is 0 Å². The first-order chi connectivity index (χ1) is 9.93. The van der Waals surface area contributed by atoms with Gasteiger partial charge in [-0.15, -0.1) is 0 Å². The van der Waals surface area contributed by atoms with Gasteiger partial charge in [-0.1, -0.05) is 0 Å². The zero-order valence-corrected chi connectivity index (χ0v) is 11.2. The molecule has 0 spiro atoms. The molecule has 6 heteroatoms. The summed E-state index contributed by atoms with van der Waals surface area (Å²) in [6.07, 6.45) is 0. The van der Waals surface area contributed by atoms with Crippen molar-refractivity contribution in [1.29, 1.82) is 0 Å². The van der Waals surface area contributed by atoms with E-state index in [1.54, 1.807) is 6.92 Å². The normalized spacial score (nSPS) is 10.5. The summed E-state index contributed by atoms with van der Waals surface area (Å²) in [7, 11) is 0. The largest absolute Gasteiger partial charge is 0.394 e. The van der Waals surface area contributed by atoms with Gasteiger partial charge in [-0.3, -0.25) is 4.79 Å². The molecule has 1 amide bonds. The minimum absolute atomic E-state index is 0.162. The number of nitrogens with two attached hydrogens (primary N) is 1. The van der Waals surface area contributed by atoms with Crippen LogP contribution in [0.2, 0.25) is 0 Å². The standard InChI is InChI=1S/C15H13F3N2O/c1-2-20(11-5-3-10(16)4-6-11)15(21)9-7-12(17)14(19)13(18)8-9/h3-8H,2,19H2,1H3. The lowest BCUT2D eigenvalue weighted by molar-refractivity contribution is 0.0987. The van der Waals surface area contributed by atoms with Crippen LogP contribution < -0.4 is 10.6 Å². The number of carbonyl (C=O) groups is 1. The summed E-state index contributed by atoms with van der Waals surface area (Å²) in [5.74, 6) is -3.02. The van der Waals surface area contributed by atoms with E-state index in [-0.39, 0.29) is 12.1 Å². The Morgan fingerprint density at radius 1 is 1.10 bits per heavy atom. The first-order valence-corrected chi connectivity index (χ1v) is 6.26. The number of nitrogen functional groups attached to an aromatic ring is 1. The summed E-state index contributed by atoms with van der Waals surface area (Å²) in [5.41, 5.74) is 4.81. The quantitative estimate of drug-likeness (QED) is 0.882. The number of hydrogen-bond donors (Lipinski definition) is 1. The summed E-state index contributed by atoms with van der Waals surface area (Å²) < 4.78 is 39.8. The Hall–Kier alpha value is -2.50. The Labute approximate surface area is 119 Å². The first-order valence-electron chi connectivity index (χ1n) is 6.26. The fourth-order valence-corrected chi connectivity index (χ4v) is 1.93. The third-order valence-electron chi connectivity index (χ3n) is 3.03. The van der Waals surface area contributed by atoms with Crippen LogP contribution in [0, 0.1) is 17.5 Å². The highest BCUT2D eigenvalue weighted by Crippen LogP contribution is 2.21. The van der Waals surface area contributed by atoms with E-state index >= 15 is 0 Å². The number of benzene rings is 2. The van der Waals surface area contributed by atoms with E-state index in [2.05, 4.69) is 0 Å². The zero-order valence-electron chi connectivity index (χ0n) is 11.2. The molecule has 2 rings (SSSR count). The van der Waals surface area contributed by atoms with Gasteiger partial charge < -0.3 is 10.6 Å². The molecule has 110 valence electrons. The van der Waals surface area contributed by atoms with E-state index < -0.39 is 29.0 Å². The number of halogens is 3. The van der Waals surface area contributed by atoms with Crippen LogP contribution in [0.3, 0.4) is 0 Å². The summed E-state index contributed by atoms with van der Waals surface area (Å²) in [6, 6.07) is 7.01. The van der Waals surface area contributed by atoms with Gasteiger partial charge >= 0.3 is 0 Å². The van der Waals surface area contributed by atoms with Crippen molar-refractivity contribution < 1.29 is 18.0 Å². The summed E-state index contributed by atoms with van der Waals surface area (Å²) in [5, 5.41) is 0. The summed E-state index contributed by atoms with van der Waals surface area (Å²) in [6.45, 7) is 1.96. The van der Waals surface area contributed by atoms with Gasteiger partial charge in [-0.05, 0) is 43.3 Å². The Kier molecular flexibility index (Phi) is 4.16. The Bertz CT molecular complexity index is 648. The Balaban J connectivity index is 2.39. The smallest absolute Gasteiger partial charge is 0.258 e. The van der Waals surface area contributed by atoms with Crippen molar-refractivity contribution in [2.45, 2.75) is 6.92 Å². The van der Waals surface area contributed by atoms with Crippen LogP contribution in [-0.2, 0) is 0 Å². The van der Waals surface area contributed by atoms with Crippen molar-refractivity contribution in [3.63, 3.8) is 0 Å². The maximum atomic E-state index is 13.4. The average molecular weight is 294 g/mol. The van der Waals surface area contributed by atoms with Gasteiger partial charge in [0, 0.05) is 17.8 Å². The second-order valence-electron chi connectivity index (χ2n) is 4.38. The maximum Gasteiger partial charge on any atom is 0.258 e. The highest BCUT2D eigenvalue weighted by molar-refractivity contribution is 6.06. The lowest BCUT2D eigenvalue weighted by atomic mass is 10.1.